The highest BCUT2D eigenvalue weighted by molar-refractivity contribution is 7.26. The molecular formula is C45H31NO2S. The molecule has 0 radical (unpaired) electrons. The molecule has 0 saturated heterocycles. The molecule has 3 aromatic heterocycles. The van der Waals surface area contributed by atoms with Gasteiger partial charge in [0.2, 0.25) is 0 Å². The fourth-order valence-corrected chi connectivity index (χ4v) is 8.59. The van der Waals surface area contributed by atoms with Gasteiger partial charge in [-0.3, -0.25) is 0 Å². The second-order valence-corrected chi connectivity index (χ2v) is 13.1. The number of hydrogen-bond donors (Lipinski definition) is 0. The molecule has 3 heterocycles. The first-order valence-corrected chi connectivity index (χ1v) is 17.5. The minimum Gasteiger partial charge on any atom is -0.422 e. The lowest BCUT2D eigenvalue weighted by atomic mass is 9.97. The largest absolute Gasteiger partial charge is 0.422 e. The van der Waals surface area contributed by atoms with E-state index in [-0.39, 0.29) is 5.63 Å². The predicted molar refractivity (Wildman–Crippen MR) is 209 cm³/mol. The average Bonchev–Trinajstić information content (AvgIpc) is 3.71. The maximum atomic E-state index is 13.2. The Morgan fingerprint density at radius 3 is 1.98 bits per heavy atom. The Morgan fingerprint density at radius 1 is 0.510 bits per heavy atom. The smallest absolute Gasteiger partial charge is 0.344 e. The third kappa shape index (κ3) is 4.52. The van der Waals surface area contributed by atoms with Gasteiger partial charge >= 0.3 is 5.63 Å². The van der Waals surface area contributed by atoms with E-state index in [2.05, 4.69) is 114 Å². The van der Waals surface area contributed by atoms with Crippen molar-refractivity contribution in [3.8, 4) is 27.9 Å². The summed E-state index contributed by atoms with van der Waals surface area (Å²) in [5.41, 5.74) is 7.99. The molecule has 3 nitrogen and oxygen atoms in total. The Hall–Kier alpha value is -5.97. The lowest BCUT2D eigenvalue weighted by molar-refractivity contribution is 0.570. The summed E-state index contributed by atoms with van der Waals surface area (Å²) in [5, 5.41) is 7.51. The van der Waals surface area contributed by atoms with Crippen LogP contribution in [0.25, 0.3) is 91.7 Å². The molecule has 234 valence electrons. The normalized spacial score (nSPS) is 11.6. The number of aromatic nitrogens is 1. The first-order valence-electron chi connectivity index (χ1n) is 16.7. The third-order valence-electron chi connectivity index (χ3n) is 9.47. The maximum absolute atomic E-state index is 13.2. The van der Waals surface area contributed by atoms with Gasteiger partial charge in [-0.05, 0) is 64.7 Å². The molecule has 10 rings (SSSR count). The van der Waals surface area contributed by atoms with Crippen LogP contribution < -0.4 is 5.63 Å². The molecule has 0 aliphatic heterocycles. The molecule has 0 saturated carbocycles. The van der Waals surface area contributed by atoms with Crippen molar-refractivity contribution in [3.05, 3.63) is 162 Å². The summed E-state index contributed by atoms with van der Waals surface area (Å²) in [7, 11) is 0. The highest BCUT2D eigenvalue weighted by Crippen LogP contribution is 2.42. The quantitative estimate of drug-likeness (QED) is 0.141. The van der Waals surface area contributed by atoms with Crippen LogP contribution in [0.15, 0.2) is 161 Å². The topological polar surface area (TPSA) is 35.1 Å². The van der Waals surface area contributed by atoms with Crippen molar-refractivity contribution in [1.82, 2.24) is 4.57 Å². The Kier molecular flexibility index (Phi) is 6.92. The van der Waals surface area contributed by atoms with Gasteiger partial charge in [0.25, 0.3) is 0 Å². The van der Waals surface area contributed by atoms with Gasteiger partial charge < -0.3 is 8.98 Å². The molecule has 49 heavy (non-hydrogen) atoms. The van der Waals surface area contributed by atoms with E-state index < -0.39 is 0 Å². The average molecular weight is 650 g/mol. The zero-order chi connectivity index (χ0) is 33.1. The van der Waals surface area contributed by atoms with E-state index in [4.69, 9.17) is 4.42 Å². The van der Waals surface area contributed by atoms with Gasteiger partial charge in [-0.2, -0.15) is 0 Å². The molecular weight excluding hydrogens is 619 g/mol. The first-order chi connectivity index (χ1) is 24.2. The van der Waals surface area contributed by atoms with Gasteiger partial charge in [0.05, 0.1) is 16.4 Å². The molecule has 0 atom stereocenters. The monoisotopic (exact) mass is 649 g/mol. The number of hydrogen-bond acceptors (Lipinski definition) is 3. The Morgan fingerprint density at radius 2 is 1.14 bits per heavy atom. The van der Waals surface area contributed by atoms with Crippen LogP contribution in [-0.2, 0) is 0 Å². The predicted octanol–water partition coefficient (Wildman–Crippen LogP) is 12.8. The van der Waals surface area contributed by atoms with Crippen LogP contribution in [0.2, 0.25) is 0 Å². The minimum absolute atomic E-state index is 0.317. The van der Waals surface area contributed by atoms with E-state index in [0.29, 0.717) is 11.0 Å². The Labute approximate surface area is 286 Å². The lowest BCUT2D eigenvalue weighted by Gasteiger charge is -2.11. The number of rotatable bonds is 3. The number of fused-ring (bicyclic) bond motifs is 9. The molecule has 0 amide bonds. The van der Waals surface area contributed by atoms with Crippen molar-refractivity contribution < 1.29 is 4.42 Å². The van der Waals surface area contributed by atoms with Crippen molar-refractivity contribution in [2.24, 2.45) is 0 Å². The number of thiophene rings is 1. The fourth-order valence-electron chi connectivity index (χ4n) is 7.35. The van der Waals surface area contributed by atoms with Crippen LogP contribution in [0, 0.1) is 0 Å². The van der Waals surface area contributed by atoms with Crippen molar-refractivity contribution in [2.75, 3.05) is 0 Å². The first kappa shape index (κ1) is 29.2. The van der Waals surface area contributed by atoms with Gasteiger partial charge in [-0.15, -0.1) is 11.3 Å². The van der Waals surface area contributed by atoms with Gasteiger partial charge in [0.1, 0.15) is 5.58 Å². The standard InChI is InChI=1S/C43H25NO2S.C2H6/c45-43-41-29(12-7-14-34(41)32-10-2-5-17-39(32)46-43)26-19-22-28(23-20-26)44-37-16-4-1-9-31(37)36-25-27(21-24-38(36)44)30-13-8-15-35-33-11-3-6-18-40(33)47-42(30)35;1-2/h1-25H;1-2H3. The SMILES string of the molecule is CC.O=c1oc2ccccc2c2cccc(-c3ccc(-n4c5ccccc5c5cc(-c6cccc7c6sc6ccccc67)ccc54)cc3)c12. The van der Waals surface area contributed by atoms with Crippen LogP contribution in [0.4, 0.5) is 0 Å². The van der Waals surface area contributed by atoms with E-state index in [0.717, 1.165) is 38.6 Å². The lowest BCUT2D eigenvalue weighted by Crippen LogP contribution is -2.02. The molecule has 0 bridgehead atoms. The molecule has 10 aromatic rings. The zero-order valence-electron chi connectivity index (χ0n) is 27.1. The molecule has 0 spiro atoms. The van der Waals surface area contributed by atoms with Crippen molar-refractivity contribution in [3.63, 3.8) is 0 Å². The molecule has 4 heteroatoms. The fraction of sp³-hybridized carbons (Fsp3) is 0.0444. The van der Waals surface area contributed by atoms with Crippen LogP contribution in [0.1, 0.15) is 13.8 Å². The van der Waals surface area contributed by atoms with Crippen molar-refractivity contribution in [2.45, 2.75) is 13.8 Å². The van der Waals surface area contributed by atoms with Gasteiger partial charge in [-0.25, -0.2) is 4.79 Å². The molecule has 0 unspecified atom stereocenters. The van der Waals surface area contributed by atoms with E-state index in [9.17, 15) is 4.79 Å². The summed E-state index contributed by atoms with van der Waals surface area (Å²) in [6, 6.07) is 53.0. The maximum Gasteiger partial charge on any atom is 0.344 e. The summed E-state index contributed by atoms with van der Waals surface area (Å²) in [4.78, 5) is 13.2. The van der Waals surface area contributed by atoms with Crippen molar-refractivity contribution >= 4 is 75.1 Å². The Balaban J connectivity index is 0.00000160. The molecule has 0 aliphatic carbocycles. The molecule has 0 N–H and O–H groups in total. The van der Waals surface area contributed by atoms with Gasteiger partial charge in [-0.1, -0.05) is 123 Å². The summed E-state index contributed by atoms with van der Waals surface area (Å²) in [6.07, 6.45) is 0. The number of para-hydroxylation sites is 2. The third-order valence-corrected chi connectivity index (χ3v) is 10.7. The van der Waals surface area contributed by atoms with Crippen LogP contribution in [-0.4, -0.2) is 4.57 Å². The van der Waals surface area contributed by atoms with Crippen LogP contribution >= 0.6 is 11.3 Å². The summed E-state index contributed by atoms with van der Waals surface area (Å²) in [5.74, 6) is 0. The highest BCUT2D eigenvalue weighted by atomic mass is 32.1. The second-order valence-electron chi connectivity index (χ2n) is 12.0. The summed E-state index contributed by atoms with van der Waals surface area (Å²) >= 11 is 1.86. The van der Waals surface area contributed by atoms with Crippen molar-refractivity contribution in [1.29, 1.82) is 0 Å². The van der Waals surface area contributed by atoms with Crippen LogP contribution in [0.3, 0.4) is 0 Å². The van der Waals surface area contributed by atoms with Crippen LogP contribution in [0.5, 0.6) is 0 Å². The van der Waals surface area contributed by atoms with Gasteiger partial charge in [0, 0.05) is 47.4 Å². The minimum atomic E-state index is -0.317. The van der Waals surface area contributed by atoms with E-state index >= 15 is 0 Å². The van der Waals surface area contributed by atoms with E-state index in [1.54, 1.807) is 0 Å². The molecule has 7 aromatic carbocycles. The zero-order valence-corrected chi connectivity index (χ0v) is 27.9. The number of benzene rings is 7. The second kappa shape index (κ2) is 11.6. The van der Waals surface area contributed by atoms with E-state index in [1.807, 2.05) is 67.6 Å². The Bertz CT molecular complexity index is 2930. The molecule has 0 aliphatic rings. The summed E-state index contributed by atoms with van der Waals surface area (Å²) in [6.45, 7) is 4.00. The molecule has 0 fully saturated rings. The summed E-state index contributed by atoms with van der Waals surface area (Å²) < 4.78 is 10.7. The number of nitrogens with zero attached hydrogens (tertiary/aromatic N) is 1. The van der Waals surface area contributed by atoms with Gasteiger partial charge in [0.15, 0.2) is 0 Å². The van der Waals surface area contributed by atoms with E-state index in [1.165, 1.54) is 42.1 Å². The highest BCUT2D eigenvalue weighted by Gasteiger charge is 2.17.